The third-order valence-corrected chi connectivity index (χ3v) is 5.59. The number of carboxylic acids is 1. The highest BCUT2D eigenvalue weighted by molar-refractivity contribution is 5.74. The van der Waals surface area contributed by atoms with Crippen molar-refractivity contribution in [3.05, 3.63) is 35.4 Å². The molecule has 1 heterocycles. The van der Waals surface area contributed by atoms with E-state index in [9.17, 15) is 9.90 Å². The molecule has 0 bridgehead atoms. The van der Waals surface area contributed by atoms with Gasteiger partial charge < -0.3 is 14.6 Å². The number of fused-ring (bicyclic) bond motifs is 1. The van der Waals surface area contributed by atoms with E-state index in [1.807, 2.05) is 0 Å². The average molecular weight is 347 g/mol. The molecule has 1 aromatic rings. The Morgan fingerprint density at radius 3 is 2.60 bits per heavy atom. The van der Waals surface area contributed by atoms with Crippen LogP contribution in [0.5, 0.6) is 0 Å². The quantitative estimate of drug-likeness (QED) is 0.733. The van der Waals surface area contributed by atoms with E-state index >= 15 is 0 Å². The molecule has 2 aliphatic rings. The van der Waals surface area contributed by atoms with E-state index in [1.54, 1.807) is 7.11 Å². The number of hydrogen-bond donors (Lipinski definition) is 1. The number of benzene rings is 1. The van der Waals surface area contributed by atoms with Crippen LogP contribution in [0.15, 0.2) is 24.3 Å². The van der Waals surface area contributed by atoms with Crippen molar-refractivity contribution >= 4 is 5.97 Å². The lowest BCUT2D eigenvalue weighted by Crippen LogP contribution is -2.41. The van der Waals surface area contributed by atoms with Gasteiger partial charge >= 0.3 is 5.97 Å². The zero-order valence-electron chi connectivity index (χ0n) is 15.0. The van der Waals surface area contributed by atoms with E-state index in [4.69, 9.17) is 9.47 Å². The average Bonchev–Trinajstić information content (AvgIpc) is 2.99. The van der Waals surface area contributed by atoms with Crippen LogP contribution in [-0.4, -0.2) is 48.4 Å². The van der Waals surface area contributed by atoms with Crippen molar-refractivity contribution in [2.24, 2.45) is 5.92 Å². The molecule has 5 nitrogen and oxygen atoms in total. The van der Waals surface area contributed by atoms with Gasteiger partial charge in [-0.05, 0) is 36.3 Å². The molecular formula is C20H29NO4. The summed E-state index contributed by atoms with van der Waals surface area (Å²) in [5.41, 5.74) is 2.31. The van der Waals surface area contributed by atoms with E-state index in [2.05, 4.69) is 29.2 Å². The predicted octanol–water partition coefficient (Wildman–Crippen LogP) is 3.07. The van der Waals surface area contributed by atoms with Crippen LogP contribution in [0.1, 0.15) is 43.2 Å². The van der Waals surface area contributed by atoms with Gasteiger partial charge in [-0.2, -0.15) is 0 Å². The largest absolute Gasteiger partial charge is 0.480 e. The minimum atomic E-state index is -0.669. The highest BCUT2D eigenvalue weighted by atomic mass is 16.5. The smallest absolute Gasteiger partial charge is 0.320 e. The lowest BCUT2D eigenvalue weighted by Gasteiger charge is -2.33. The maximum atomic E-state index is 11.7. The van der Waals surface area contributed by atoms with Crippen molar-refractivity contribution in [2.45, 2.75) is 57.3 Å². The molecule has 1 saturated carbocycles. The summed E-state index contributed by atoms with van der Waals surface area (Å²) in [7, 11) is 1.66. The summed E-state index contributed by atoms with van der Waals surface area (Å²) < 4.78 is 10.5. The van der Waals surface area contributed by atoms with Gasteiger partial charge in [-0.3, -0.25) is 9.69 Å². The maximum absolute atomic E-state index is 11.7. The Morgan fingerprint density at radius 1 is 1.16 bits per heavy atom. The summed E-state index contributed by atoms with van der Waals surface area (Å²) in [5, 5.41) is 9.63. The standard InChI is InChI=1S/C20H29NO4/c1-24-10-11-25-14-16-8-6-15(7-9-16)13-21-18-5-3-2-4-17(18)12-19(21)20(22)23/h6-9,17-19H,2-5,10-14H2,1H3,(H,22,23). The topological polar surface area (TPSA) is 59.0 Å². The second kappa shape index (κ2) is 8.79. The van der Waals surface area contributed by atoms with E-state index in [1.165, 1.54) is 24.8 Å². The molecule has 25 heavy (non-hydrogen) atoms. The third-order valence-electron chi connectivity index (χ3n) is 5.59. The van der Waals surface area contributed by atoms with Crippen molar-refractivity contribution in [1.82, 2.24) is 4.90 Å². The van der Waals surface area contributed by atoms with Crippen molar-refractivity contribution in [3.8, 4) is 0 Å². The molecular weight excluding hydrogens is 318 g/mol. The fraction of sp³-hybridized carbons (Fsp3) is 0.650. The van der Waals surface area contributed by atoms with Crippen LogP contribution < -0.4 is 0 Å². The first-order valence-electron chi connectivity index (χ1n) is 9.32. The Bertz CT molecular complexity index is 559. The fourth-order valence-corrected chi connectivity index (χ4v) is 4.31. The first-order chi connectivity index (χ1) is 12.2. The van der Waals surface area contributed by atoms with Gasteiger partial charge in [0, 0.05) is 19.7 Å². The molecule has 1 aliphatic carbocycles. The molecule has 1 N–H and O–H groups in total. The summed E-state index contributed by atoms with van der Waals surface area (Å²) in [4.78, 5) is 13.9. The number of ether oxygens (including phenoxy) is 2. The number of nitrogens with zero attached hydrogens (tertiary/aromatic N) is 1. The number of rotatable bonds is 8. The molecule has 0 spiro atoms. The van der Waals surface area contributed by atoms with Crippen LogP contribution in [0.2, 0.25) is 0 Å². The van der Waals surface area contributed by atoms with Gasteiger partial charge in [0.15, 0.2) is 0 Å². The Hall–Kier alpha value is -1.43. The summed E-state index contributed by atoms with van der Waals surface area (Å²) >= 11 is 0. The zero-order valence-corrected chi connectivity index (χ0v) is 15.0. The van der Waals surface area contributed by atoms with Crippen molar-refractivity contribution < 1.29 is 19.4 Å². The van der Waals surface area contributed by atoms with Crippen LogP contribution in [0.4, 0.5) is 0 Å². The van der Waals surface area contributed by atoms with E-state index in [-0.39, 0.29) is 6.04 Å². The van der Waals surface area contributed by atoms with Gasteiger partial charge in [0.2, 0.25) is 0 Å². The first kappa shape index (κ1) is 18.4. The Labute approximate surface area is 149 Å². The SMILES string of the molecule is COCCOCc1ccc(CN2C(C(=O)O)CC3CCCCC32)cc1. The van der Waals surface area contributed by atoms with Crippen LogP contribution in [0.3, 0.4) is 0 Å². The van der Waals surface area contributed by atoms with E-state index in [0.717, 1.165) is 24.9 Å². The van der Waals surface area contributed by atoms with Gasteiger partial charge in [-0.25, -0.2) is 0 Å². The van der Waals surface area contributed by atoms with Gasteiger partial charge in [0.05, 0.1) is 19.8 Å². The molecule has 3 atom stereocenters. The van der Waals surface area contributed by atoms with Crippen molar-refractivity contribution in [3.63, 3.8) is 0 Å². The number of methoxy groups -OCH3 is 1. The monoisotopic (exact) mass is 347 g/mol. The third kappa shape index (κ3) is 4.60. The number of aliphatic carboxylic acids is 1. The molecule has 0 radical (unpaired) electrons. The van der Waals surface area contributed by atoms with E-state index < -0.39 is 5.97 Å². The second-order valence-electron chi connectivity index (χ2n) is 7.24. The summed E-state index contributed by atoms with van der Waals surface area (Å²) in [6, 6.07) is 8.46. The predicted molar refractivity (Wildman–Crippen MR) is 95.3 cm³/mol. The zero-order chi connectivity index (χ0) is 17.6. The van der Waals surface area contributed by atoms with Gasteiger partial charge in [-0.1, -0.05) is 37.1 Å². The lowest BCUT2D eigenvalue weighted by molar-refractivity contribution is -0.142. The molecule has 138 valence electrons. The molecule has 1 aromatic carbocycles. The molecule has 0 amide bonds. The number of carbonyl (C=O) groups is 1. The van der Waals surface area contributed by atoms with Gasteiger partial charge in [0.1, 0.15) is 6.04 Å². The maximum Gasteiger partial charge on any atom is 0.320 e. The minimum absolute atomic E-state index is 0.329. The minimum Gasteiger partial charge on any atom is -0.480 e. The summed E-state index contributed by atoms with van der Waals surface area (Å²) in [6.45, 7) is 2.50. The van der Waals surface area contributed by atoms with Gasteiger partial charge in [0.25, 0.3) is 0 Å². The fourth-order valence-electron chi connectivity index (χ4n) is 4.31. The molecule has 3 rings (SSSR count). The number of likely N-dealkylation sites (tertiary alicyclic amines) is 1. The lowest BCUT2D eigenvalue weighted by atomic mass is 9.84. The molecule has 2 fully saturated rings. The molecule has 0 aromatic heterocycles. The number of carboxylic acid groups (broad SMARTS) is 1. The molecule has 3 unspecified atom stereocenters. The molecule has 1 saturated heterocycles. The Morgan fingerprint density at radius 2 is 1.88 bits per heavy atom. The highest BCUT2D eigenvalue weighted by Gasteiger charge is 2.44. The molecule has 5 heteroatoms. The summed E-state index contributed by atoms with van der Waals surface area (Å²) in [5.74, 6) is -0.110. The highest BCUT2D eigenvalue weighted by Crippen LogP contribution is 2.40. The van der Waals surface area contributed by atoms with Crippen molar-refractivity contribution in [1.29, 1.82) is 0 Å². The number of hydrogen-bond acceptors (Lipinski definition) is 4. The van der Waals surface area contributed by atoms with Crippen LogP contribution in [-0.2, 0) is 27.4 Å². The first-order valence-corrected chi connectivity index (χ1v) is 9.32. The second-order valence-corrected chi connectivity index (χ2v) is 7.24. The van der Waals surface area contributed by atoms with Crippen molar-refractivity contribution in [2.75, 3.05) is 20.3 Å². The van der Waals surface area contributed by atoms with Crippen LogP contribution >= 0.6 is 0 Å². The summed E-state index contributed by atoms with van der Waals surface area (Å²) in [6.07, 6.45) is 5.61. The Kier molecular flexibility index (Phi) is 6.45. The Balaban J connectivity index is 1.60. The van der Waals surface area contributed by atoms with Crippen LogP contribution in [0.25, 0.3) is 0 Å². The van der Waals surface area contributed by atoms with E-state index in [0.29, 0.717) is 31.8 Å². The normalized spacial score (nSPS) is 26.5. The van der Waals surface area contributed by atoms with Crippen LogP contribution in [0, 0.1) is 5.92 Å². The molecule has 1 aliphatic heterocycles. The van der Waals surface area contributed by atoms with Gasteiger partial charge in [-0.15, -0.1) is 0 Å².